The summed E-state index contributed by atoms with van der Waals surface area (Å²) < 4.78 is 5.73. The van der Waals surface area contributed by atoms with E-state index in [0.29, 0.717) is 23.5 Å². The molecule has 1 aromatic rings. The number of nitrogens with zero attached hydrogens (tertiary/aromatic N) is 2. The van der Waals surface area contributed by atoms with Gasteiger partial charge >= 0.3 is 0 Å². The van der Waals surface area contributed by atoms with Gasteiger partial charge in [-0.1, -0.05) is 6.92 Å². The van der Waals surface area contributed by atoms with Crippen molar-refractivity contribution in [1.29, 1.82) is 0 Å². The smallest absolute Gasteiger partial charge is 0.268 e. The normalized spacial score (nSPS) is 20.9. The van der Waals surface area contributed by atoms with Crippen molar-refractivity contribution in [3.8, 4) is 5.75 Å². The van der Waals surface area contributed by atoms with Crippen LogP contribution in [-0.4, -0.2) is 42.5 Å². The zero-order chi connectivity index (χ0) is 16.4. The van der Waals surface area contributed by atoms with E-state index in [2.05, 4.69) is 0 Å². The summed E-state index contributed by atoms with van der Waals surface area (Å²) in [6.07, 6.45) is 3.25. The van der Waals surface area contributed by atoms with Crippen LogP contribution in [0.1, 0.15) is 32.6 Å². The number of benzene rings is 1. The Morgan fingerprint density at radius 1 is 1.30 bits per heavy atom. The van der Waals surface area contributed by atoms with Crippen LogP contribution in [0.25, 0.3) is 0 Å². The first-order valence-corrected chi connectivity index (χ1v) is 8.25. The lowest BCUT2D eigenvalue weighted by Crippen LogP contribution is -2.51. The highest BCUT2D eigenvalue weighted by molar-refractivity contribution is 6.04. The van der Waals surface area contributed by atoms with Crippen LogP contribution in [0.5, 0.6) is 5.75 Å². The molecule has 3 rings (SSSR count). The molecule has 6 nitrogen and oxygen atoms in total. The van der Waals surface area contributed by atoms with Gasteiger partial charge < -0.3 is 15.4 Å². The second-order valence-electron chi connectivity index (χ2n) is 6.11. The van der Waals surface area contributed by atoms with E-state index in [-0.39, 0.29) is 18.4 Å². The first-order valence-electron chi connectivity index (χ1n) is 8.25. The molecule has 2 aliphatic heterocycles. The average Bonchev–Trinajstić information content (AvgIpc) is 2.58. The highest BCUT2D eigenvalue weighted by Crippen LogP contribution is 2.36. The Kier molecular flexibility index (Phi) is 4.41. The van der Waals surface area contributed by atoms with Gasteiger partial charge in [0.1, 0.15) is 12.3 Å². The first kappa shape index (κ1) is 15.6. The van der Waals surface area contributed by atoms with E-state index in [0.717, 1.165) is 32.4 Å². The monoisotopic (exact) mass is 317 g/mol. The summed E-state index contributed by atoms with van der Waals surface area (Å²) in [5.41, 5.74) is 6.98. The Hall–Kier alpha value is -2.24. The van der Waals surface area contributed by atoms with E-state index >= 15 is 0 Å². The van der Waals surface area contributed by atoms with Crippen molar-refractivity contribution >= 4 is 23.2 Å². The number of ether oxygens (including phenoxy) is 1. The predicted octanol–water partition coefficient (Wildman–Crippen LogP) is 1.79. The third-order valence-corrected chi connectivity index (χ3v) is 4.46. The van der Waals surface area contributed by atoms with Crippen LogP contribution in [0.3, 0.4) is 0 Å². The largest absolute Gasteiger partial charge is 0.478 e. The first-order chi connectivity index (χ1) is 11.1. The van der Waals surface area contributed by atoms with E-state index in [1.54, 1.807) is 18.2 Å². The third kappa shape index (κ3) is 3.11. The lowest BCUT2D eigenvalue weighted by Gasteiger charge is -2.35. The van der Waals surface area contributed by atoms with Crippen LogP contribution < -0.4 is 15.4 Å². The SMILES string of the molecule is CC[C@@H]1Oc2ccc(N)cc2N(CC(=O)N2CCCCC2)C1=O. The van der Waals surface area contributed by atoms with Crippen LogP contribution in [-0.2, 0) is 9.59 Å². The van der Waals surface area contributed by atoms with Gasteiger partial charge in [-0.05, 0) is 43.9 Å². The summed E-state index contributed by atoms with van der Waals surface area (Å²) in [6, 6.07) is 5.20. The Labute approximate surface area is 136 Å². The Morgan fingerprint density at radius 2 is 2.04 bits per heavy atom. The molecule has 2 heterocycles. The van der Waals surface area contributed by atoms with Gasteiger partial charge in [-0.25, -0.2) is 0 Å². The predicted molar refractivity (Wildman–Crippen MR) is 88.3 cm³/mol. The molecule has 0 saturated carbocycles. The van der Waals surface area contributed by atoms with Crippen molar-refractivity contribution in [2.45, 2.75) is 38.7 Å². The highest BCUT2D eigenvalue weighted by atomic mass is 16.5. The summed E-state index contributed by atoms with van der Waals surface area (Å²) >= 11 is 0. The number of rotatable bonds is 3. The number of nitrogens with two attached hydrogens (primary N) is 1. The highest BCUT2D eigenvalue weighted by Gasteiger charge is 2.35. The van der Waals surface area contributed by atoms with E-state index in [9.17, 15) is 9.59 Å². The molecule has 1 atom stereocenters. The van der Waals surface area contributed by atoms with E-state index in [1.165, 1.54) is 4.90 Å². The molecular formula is C17H23N3O3. The molecule has 0 bridgehead atoms. The van der Waals surface area contributed by atoms with Gasteiger partial charge in [-0.2, -0.15) is 0 Å². The minimum atomic E-state index is -0.541. The standard InChI is InChI=1S/C17H23N3O3/c1-2-14-17(22)20(11-16(21)19-8-4-3-5-9-19)13-10-12(18)6-7-15(13)23-14/h6-7,10,14H,2-5,8-9,11,18H2,1H3/t14-/m0/s1. The number of amides is 2. The third-order valence-electron chi connectivity index (χ3n) is 4.46. The van der Waals surface area contributed by atoms with Gasteiger partial charge in [0, 0.05) is 18.8 Å². The molecule has 23 heavy (non-hydrogen) atoms. The Morgan fingerprint density at radius 3 is 2.74 bits per heavy atom. The number of nitrogen functional groups attached to an aromatic ring is 1. The molecular weight excluding hydrogens is 294 g/mol. The van der Waals surface area contributed by atoms with Gasteiger partial charge in [-0.15, -0.1) is 0 Å². The number of carbonyl (C=O) groups excluding carboxylic acids is 2. The van der Waals surface area contributed by atoms with Crippen LogP contribution >= 0.6 is 0 Å². The van der Waals surface area contributed by atoms with Crippen molar-refractivity contribution in [3.63, 3.8) is 0 Å². The summed E-state index contributed by atoms with van der Waals surface area (Å²) in [5.74, 6) is 0.427. The molecule has 2 amide bonds. The maximum Gasteiger partial charge on any atom is 0.268 e. The molecule has 2 aliphatic rings. The Bertz CT molecular complexity index is 611. The summed E-state index contributed by atoms with van der Waals surface area (Å²) in [7, 11) is 0. The molecule has 0 radical (unpaired) electrons. The summed E-state index contributed by atoms with van der Waals surface area (Å²) in [4.78, 5) is 28.6. The molecule has 0 aliphatic carbocycles. The quantitative estimate of drug-likeness (QED) is 0.862. The van der Waals surface area contributed by atoms with Crippen molar-refractivity contribution in [1.82, 2.24) is 4.90 Å². The summed E-state index contributed by atoms with van der Waals surface area (Å²) in [5, 5.41) is 0. The van der Waals surface area contributed by atoms with Crippen LogP contribution in [0.2, 0.25) is 0 Å². The lowest BCUT2D eigenvalue weighted by atomic mass is 10.1. The lowest BCUT2D eigenvalue weighted by molar-refractivity contribution is -0.134. The second kappa shape index (κ2) is 6.48. The van der Waals surface area contributed by atoms with Crippen LogP contribution in [0.4, 0.5) is 11.4 Å². The average molecular weight is 317 g/mol. The number of fused-ring (bicyclic) bond motifs is 1. The van der Waals surface area contributed by atoms with Gasteiger partial charge in [0.15, 0.2) is 6.10 Å². The molecule has 1 fully saturated rings. The van der Waals surface area contributed by atoms with Crippen molar-refractivity contribution < 1.29 is 14.3 Å². The van der Waals surface area contributed by atoms with E-state index in [4.69, 9.17) is 10.5 Å². The second-order valence-corrected chi connectivity index (χ2v) is 6.11. The van der Waals surface area contributed by atoms with Crippen molar-refractivity contribution in [3.05, 3.63) is 18.2 Å². The fraction of sp³-hybridized carbons (Fsp3) is 0.529. The van der Waals surface area contributed by atoms with Gasteiger partial charge in [0.05, 0.1) is 5.69 Å². The van der Waals surface area contributed by atoms with E-state index in [1.807, 2.05) is 11.8 Å². The molecule has 124 valence electrons. The molecule has 6 heteroatoms. The minimum Gasteiger partial charge on any atom is -0.478 e. The topological polar surface area (TPSA) is 75.9 Å². The van der Waals surface area contributed by atoms with Crippen LogP contribution in [0.15, 0.2) is 18.2 Å². The number of hydrogen-bond donors (Lipinski definition) is 1. The fourth-order valence-corrected chi connectivity index (χ4v) is 3.14. The number of likely N-dealkylation sites (tertiary alicyclic amines) is 1. The number of anilines is 2. The number of piperidine rings is 1. The maximum absolute atomic E-state index is 12.6. The van der Waals surface area contributed by atoms with E-state index < -0.39 is 6.10 Å². The van der Waals surface area contributed by atoms with Crippen LogP contribution in [0, 0.1) is 0 Å². The summed E-state index contributed by atoms with van der Waals surface area (Å²) in [6.45, 7) is 3.50. The van der Waals surface area contributed by atoms with Crippen molar-refractivity contribution in [2.24, 2.45) is 0 Å². The minimum absolute atomic E-state index is 0.0109. The van der Waals surface area contributed by atoms with Gasteiger partial charge in [0.2, 0.25) is 5.91 Å². The molecule has 0 unspecified atom stereocenters. The molecule has 0 spiro atoms. The number of carbonyl (C=O) groups is 2. The fourth-order valence-electron chi connectivity index (χ4n) is 3.14. The number of hydrogen-bond acceptors (Lipinski definition) is 4. The van der Waals surface area contributed by atoms with Gasteiger partial charge in [0.25, 0.3) is 5.91 Å². The van der Waals surface area contributed by atoms with Gasteiger partial charge in [-0.3, -0.25) is 14.5 Å². The Balaban J connectivity index is 1.85. The molecule has 2 N–H and O–H groups in total. The molecule has 0 aromatic heterocycles. The maximum atomic E-state index is 12.6. The molecule has 1 saturated heterocycles. The zero-order valence-corrected chi connectivity index (χ0v) is 13.5. The van der Waals surface area contributed by atoms with Crippen molar-refractivity contribution in [2.75, 3.05) is 30.3 Å². The molecule has 1 aromatic carbocycles. The zero-order valence-electron chi connectivity index (χ0n) is 13.5.